The van der Waals surface area contributed by atoms with Gasteiger partial charge in [-0.1, -0.05) is 0 Å². The van der Waals surface area contributed by atoms with Crippen molar-refractivity contribution in [3.63, 3.8) is 0 Å². The smallest absolute Gasteiger partial charge is 0.328 e. The number of nitriles is 1. The van der Waals surface area contributed by atoms with Crippen LogP contribution in [0.3, 0.4) is 0 Å². The van der Waals surface area contributed by atoms with Crippen molar-refractivity contribution in [3.8, 4) is 11.8 Å². The number of carbonyl (C=O) groups excluding carboxylic acids is 3. The molecule has 1 unspecified atom stereocenters. The van der Waals surface area contributed by atoms with Crippen LogP contribution < -0.4 is 15.0 Å². The lowest BCUT2D eigenvalue weighted by atomic mass is 10.1. The predicted octanol–water partition coefficient (Wildman–Crippen LogP) is 4.15. The van der Waals surface area contributed by atoms with Gasteiger partial charge in [-0.05, 0) is 28.9 Å². The minimum atomic E-state index is -0.958. The van der Waals surface area contributed by atoms with Gasteiger partial charge in [-0.15, -0.1) is 10.2 Å². The zero-order valence-electron chi connectivity index (χ0n) is 21.0. The summed E-state index contributed by atoms with van der Waals surface area (Å²) in [5.74, 6) is -1.61. The molecule has 14 nitrogen and oxygen atoms in total. The highest BCUT2D eigenvalue weighted by molar-refractivity contribution is 9.10. The van der Waals surface area contributed by atoms with Crippen LogP contribution in [0.1, 0.15) is 19.4 Å². The van der Waals surface area contributed by atoms with Gasteiger partial charge in [0.2, 0.25) is 5.91 Å². The minimum absolute atomic E-state index is 0.0153. The summed E-state index contributed by atoms with van der Waals surface area (Å²) in [6, 6.07) is 5.92. The molecule has 2 rings (SSSR count). The Labute approximate surface area is 225 Å². The lowest BCUT2D eigenvalue weighted by molar-refractivity contribution is -0.384. The first-order chi connectivity index (χ1) is 18.0. The molecule has 0 spiro atoms. The summed E-state index contributed by atoms with van der Waals surface area (Å²) in [5.41, 5.74) is 0.0203. The van der Waals surface area contributed by atoms with E-state index in [4.69, 9.17) is 14.2 Å². The number of ether oxygens (including phenoxy) is 3. The number of anilines is 2. The molecule has 0 aliphatic carbocycles. The number of carbonyl (C=O) groups is 3. The van der Waals surface area contributed by atoms with Gasteiger partial charge in [-0.2, -0.15) is 5.26 Å². The third kappa shape index (κ3) is 7.01. The molecule has 1 atom stereocenters. The highest BCUT2D eigenvalue weighted by Gasteiger charge is 2.28. The van der Waals surface area contributed by atoms with Gasteiger partial charge >= 0.3 is 11.9 Å². The fourth-order valence-electron chi connectivity index (χ4n) is 3.23. The number of amides is 1. The molecule has 0 heterocycles. The number of non-ortho nitro benzene ring substituents is 1. The van der Waals surface area contributed by atoms with Crippen molar-refractivity contribution >= 4 is 62.2 Å². The Bertz CT molecular complexity index is 1340. The minimum Gasteiger partial charge on any atom is -0.494 e. The fraction of sp³-hybridized carbons (Fsp3) is 0.304. The molecule has 1 amide bonds. The van der Waals surface area contributed by atoms with Crippen molar-refractivity contribution in [2.75, 3.05) is 38.1 Å². The standard InChI is InChI=1S/C23H23BrN6O8/c1-12(23(33)38-5)29(11-21(32)37-4)19-8-17(26-13(2)31)18(9-20(19)36-3)27-28-22-14(10-25)6-15(30(34)35)7-16(22)24/h6-9,12H,11H2,1-5H3,(H,26,31). The van der Waals surface area contributed by atoms with Crippen LogP contribution in [0.25, 0.3) is 0 Å². The van der Waals surface area contributed by atoms with E-state index < -0.39 is 28.8 Å². The average Bonchev–Trinajstić information content (AvgIpc) is 2.89. The zero-order chi connectivity index (χ0) is 28.6. The zero-order valence-corrected chi connectivity index (χ0v) is 22.6. The van der Waals surface area contributed by atoms with E-state index >= 15 is 0 Å². The van der Waals surface area contributed by atoms with Crippen LogP contribution in [0.2, 0.25) is 0 Å². The number of halogens is 1. The lowest BCUT2D eigenvalue weighted by Crippen LogP contribution is -2.43. The number of esters is 2. The Morgan fingerprint density at radius 1 is 1.18 bits per heavy atom. The van der Waals surface area contributed by atoms with Crippen molar-refractivity contribution < 1.29 is 33.5 Å². The quantitative estimate of drug-likeness (QED) is 0.182. The van der Waals surface area contributed by atoms with E-state index in [9.17, 15) is 29.8 Å². The van der Waals surface area contributed by atoms with Crippen LogP contribution in [0.5, 0.6) is 5.75 Å². The molecular formula is C23H23BrN6O8. The molecule has 0 saturated carbocycles. The number of methoxy groups -OCH3 is 3. The monoisotopic (exact) mass is 590 g/mol. The average molecular weight is 591 g/mol. The molecule has 0 bridgehead atoms. The third-order valence-electron chi connectivity index (χ3n) is 5.09. The van der Waals surface area contributed by atoms with Crippen LogP contribution in [-0.4, -0.2) is 56.7 Å². The second-order valence-electron chi connectivity index (χ2n) is 7.52. The number of hydrogen-bond donors (Lipinski definition) is 1. The third-order valence-corrected chi connectivity index (χ3v) is 5.70. The number of nitrogens with zero attached hydrogens (tertiary/aromatic N) is 5. The SMILES string of the molecule is COC(=O)CN(c1cc(NC(C)=O)c(N=Nc2c(Br)cc([N+](=O)[O-])cc2C#N)cc1OC)C(C)C(=O)OC. The van der Waals surface area contributed by atoms with E-state index in [0.717, 1.165) is 6.07 Å². The maximum atomic E-state index is 12.3. The summed E-state index contributed by atoms with van der Waals surface area (Å²) in [6.45, 7) is 2.41. The van der Waals surface area contributed by atoms with Gasteiger partial charge in [-0.25, -0.2) is 4.79 Å². The summed E-state index contributed by atoms with van der Waals surface area (Å²) < 4.78 is 15.2. The molecule has 1 N–H and O–H groups in total. The predicted molar refractivity (Wildman–Crippen MR) is 138 cm³/mol. The van der Waals surface area contributed by atoms with Crippen molar-refractivity contribution in [2.45, 2.75) is 19.9 Å². The van der Waals surface area contributed by atoms with Gasteiger partial charge in [0.05, 0.1) is 47.7 Å². The Morgan fingerprint density at radius 3 is 2.39 bits per heavy atom. The Morgan fingerprint density at radius 2 is 1.87 bits per heavy atom. The molecule has 0 saturated heterocycles. The van der Waals surface area contributed by atoms with Crippen LogP contribution in [0.15, 0.2) is 39.0 Å². The second kappa shape index (κ2) is 13.1. The summed E-state index contributed by atoms with van der Waals surface area (Å²) in [4.78, 5) is 48.2. The van der Waals surface area contributed by atoms with Gasteiger partial charge < -0.3 is 24.4 Å². The van der Waals surface area contributed by atoms with Gasteiger partial charge in [0, 0.05) is 25.1 Å². The van der Waals surface area contributed by atoms with Crippen LogP contribution in [0.4, 0.5) is 28.4 Å². The van der Waals surface area contributed by atoms with Crippen LogP contribution >= 0.6 is 15.9 Å². The first-order valence-corrected chi connectivity index (χ1v) is 11.5. The lowest BCUT2D eigenvalue weighted by Gasteiger charge is -2.30. The number of hydrogen-bond acceptors (Lipinski definition) is 12. The number of azo groups is 1. The number of nitro benzene ring substituents is 1. The molecule has 2 aromatic rings. The molecule has 0 radical (unpaired) electrons. The fourth-order valence-corrected chi connectivity index (χ4v) is 3.76. The molecule has 38 heavy (non-hydrogen) atoms. The van der Waals surface area contributed by atoms with Crippen molar-refractivity contribution in [2.24, 2.45) is 10.2 Å². The number of nitrogens with one attached hydrogen (secondary N) is 1. The van der Waals surface area contributed by atoms with E-state index in [1.807, 2.05) is 6.07 Å². The Kier molecular flexibility index (Phi) is 10.2. The first kappa shape index (κ1) is 29.6. The molecule has 0 aliphatic rings. The van der Waals surface area contributed by atoms with Gasteiger partial charge in [0.25, 0.3) is 5.69 Å². The van der Waals surface area contributed by atoms with Gasteiger partial charge in [0.15, 0.2) is 0 Å². The molecule has 15 heteroatoms. The summed E-state index contributed by atoms with van der Waals surface area (Å²) in [5, 5.41) is 31.4. The van der Waals surface area contributed by atoms with Crippen molar-refractivity contribution in [3.05, 3.63) is 44.4 Å². The van der Waals surface area contributed by atoms with E-state index in [2.05, 4.69) is 31.5 Å². The van der Waals surface area contributed by atoms with E-state index in [0.29, 0.717) is 0 Å². The molecule has 2 aromatic carbocycles. The number of nitro groups is 1. The molecular weight excluding hydrogens is 568 g/mol. The summed E-state index contributed by atoms with van der Waals surface area (Å²) in [6.07, 6.45) is 0. The Balaban J connectivity index is 2.72. The summed E-state index contributed by atoms with van der Waals surface area (Å²) in [7, 11) is 3.74. The van der Waals surface area contributed by atoms with E-state index in [-0.39, 0.29) is 50.8 Å². The van der Waals surface area contributed by atoms with Crippen LogP contribution in [-0.2, 0) is 23.9 Å². The highest BCUT2D eigenvalue weighted by atomic mass is 79.9. The molecule has 0 aliphatic heterocycles. The molecule has 0 fully saturated rings. The topological polar surface area (TPSA) is 186 Å². The highest BCUT2D eigenvalue weighted by Crippen LogP contribution is 2.41. The Hall–Kier alpha value is -4.58. The molecule has 200 valence electrons. The van der Waals surface area contributed by atoms with Crippen LogP contribution in [0, 0.1) is 21.4 Å². The maximum Gasteiger partial charge on any atom is 0.328 e. The first-order valence-electron chi connectivity index (χ1n) is 10.7. The van der Waals surface area contributed by atoms with Crippen molar-refractivity contribution in [1.29, 1.82) is 5.26 Å². The van der Waals surface area contributed by atoms with Gasteiger partial charge in [-0.3, -0.25) is 19.7 Å². The number of rotatable bonds is 10. The van der Waals surface area contributed by atoms with E-state index in [1.54, 1.807) is 0 Å². The van der Waals surface area contributed by atoms with E-state index in [1.165, 1.54) is 58.3 Å². The maximum absolute atomic E-state index is 12.3. The van der Waals surface area contributed by atoms with Crippen molar-refractivity contribution in [1.82, 2.24) is 0 Å². The second-order valence-corrected chi connectivity index (χ2v) is 8.37. The normalized spacial score (nSPS) is 11.3. The van der Waals surface area contributed by atoms with Gasteiger partial charge in [0.1, 0.15) is 35.8 Å². The number of benzene rings is 2. The largest absolute Gasteiger partial charge is 0.494 e. The summed E-state index contributed by atoms with van der Waals surface area (Å²) >= 11 is 3.17. The molecule has 0 aromatic heterocycles.